The van der Waals surface area contributed by atoms with E-state index in [4.69, 9.17) is 19.9 Å². The maximum Gasteiger partial charge on any atom is 0.949 e. The molecule has 0 atom stereocenters. The average Bonchev–Trinajstić information content (AvgIpc) is 2.12. The van der Waals surface area contributed by atoms with Crippen LogP contribution in [0.15, 0.2) is 0 Å². The monoisotopic (exact) mass is 306 g/mol. The van der Waals surface area contributed by atoms with E-state index in [-0.39, 0.29) is 0 Å². The summed E-state index contributed by atoms with van der Waals surface area (Å²) in [6, 6.07) is 0. The van der Waals surface area contributed by atoms with Crippen molar-refractivity contribution in [3.05, 3.63) is 0 Å². The first-order chi connectivity index (χ1) is 8.36. The molecule has 1 fully saturated rings. The third kappa shape index (κ3) is 6.17. The summed E-state index contributed by atoms with van der Waals surface area (Å²) in [5, 5.41) is 0. The summed E-state index contributed by atoms with van der Waals surface area (Å²) in [6.07, 6.45) is 0. The zero-order chi connectivity index (χ0) is 13.7. The Labute approximate surface area is 118 Å². The van der Waals surface area contributed by atoms with Gasteiger partial charge in [0.05, 0.1) is 0 Å². The molecule has 0 radical (unpaired) electrons. The summed E-state index contributed by atoms with van der Waals surface area (Å²) >= 11 is -8.47. The van der Waals surface area contributed by atoms with Gasteiger partial charge < -0.3 is 19.9 Å². The fraction of sp³-hybridized carbons (Fsp3) is 0.500. The van der Waals surface area contributed by atoms with Crippen molar-refractivity contribution in [1.29, 1.82) is 0 Å². The molecule has 0 aromatic rings. The van der Waals surface area contributed by atoms with Crippen molar-refractivity contribution in [3.63, 3.8) is 0 Å². The molecule has 1 aliphatic rings. The Bertz CT molecular complexity index is 289. The Hall–Kier alpha value is -0.113. The van der Waals surface area contributed by atoms with Crippen LogP contribution in [0.25, 0.3) is 0 Å². The summed E-state index contributed by atoms with van der Waals surface area (Å²) in [5.74, 6) is -1.79. The number of hydrogen-bond donors (Lipinski definition) is 0. The first kappa shape index (κ1) is 15.9. The molecule has 0 saturated carbocycles. The third-order valence-electron chi connectivity index (χ3n) is 1.45. The maximum absolute atomic E-state index is 10.8. The number of carbonyl (C=O) groups excluding carboxylic acids is 3. The molecule has 0 N–H and O–H groups in total. The molecule has 0 aromatic heterocycles. The van der Waals surface area contributed by atoms with E-state index < -0.39 is 63.4 Å². The van der Waals surface area contributed by atoms with Gasteiger partial charge in [0.25, 0.3) is 17.9 Å². The van der Waals surface area contributed by atoms with E-state index >= 15 is 0 Å². The quantitative estimate of drug-likeness (QED) is 0.587. The van der Waals surface area contributed by atoms with Crippen LogP contribution in [0.5, 0.6) is 0 Å². The van der Waals surface area contributed by atoms with Crippen LogP contribution < -0.4 is 0 Å². The van der Waals surface area contributed by atoms with Gasteiger partial charge in [0.2, 0.25) is 0 Å². The maximum atomic E-state index is 10.8. The number of rotatable bonds is 3. The van der Waals surface area contributed by atoms with Crippen LogP contribution in [-0.2, 0) is 34.3 Å². The molecule has 0 aromatic carbocycles. The minimum absolute atomic E-state index is 0.597. The predicted octanol–water partition coefficient (Wildman–Crippen LogP) is -1.31. The Kier molecular flexibility index (Phi) is 6.62. The molecule has 1 aliphatic heterocycles. The Morgan fingerprint density at radius 3 is 1.06 bits per heavy atom. The van der Waals surface area contributed by atoms with Gasteiger partial charge in [0.15, 0.2) is 0 Å². The molecule has 12 heteroatoms. The Morgan fingerprint density at radius 1 is 0.667 bits per heavy atom. The molecule has 1 rings (SSSR count). The van der Waals surface area contributed by atoms with Gasteiger partial charge in [0.1, 0.15) is 0 Å². The normalized spacial score (nSPS) is 15.2. The van der Waals surface area contributed by atoms with E-state index in [1.807, 2.05) is 0 Å². The second-order valence-corrected chi connectivity index (χ2v) is 8.81. The standard InChI is InChI=1S/3C2H4O2.3Al.3O/c3*1-2(3)4;;;;;;/h3*1H3,(H,3,4);;;;;;/q;;;3*+1;;;/p-3. The van der Waals surface area contributed by atoms with Gasteiger partial charge in [-0.05, 0) is 0 Å². The highest BCUT2D eigenvalue weighted by atomic mass is 27.4. The minimum Gasteiger partial charge on any atom is -0.575 e. The Balaban J connectivity index is 2.62. The fourth-order valence-electron chi connectivity index (χ4n) is 0.942. The molecule has 0 unspecified atom stereocenters. The fourth-order valence-corrected chi connectivity index (χ4v) is 7.77. The lowest BCUT2D eigenvalue weighted by Crippen LogP contribution is -2.53. The molecule has 0 amide bonds. The highest BCUT2D eigenvalue weighted by Gasteiger charge is 2.62. The molecule has 0 spiro atoms. The summed E-state index contributed by atoms with van der Waals surface area (Å²) in [4.78, 5) is 32.4. The van der Waals surface area contributed by atoms with Crippen LogP contribution in [0.1, 0.15) is 20.8 Å². The van der Waals surface area contributed by atoms with Crippen molar-refractivity contribution < 1.29 is 34.3 Å². The molecule has 18 heavy (non-hydrogen) atoms. The third-order valence-corrected chi connectivity index (χ3v) is 8.36. The van der Waals surface area contributed by atoms with Crippen LogP contribution >= 0.6 is 0 Å². The van der Waals surface area contributed by atoms with Gasteiger partial charge in [-0.15, -0.1) is 0 Å². The summed E-state index contributed by atoms with van der Waals surface area (Å²) in [5.41, 5.74) is 0. The van der Waals surface area contributed by atoms with Crippen molar-refractivity contribution in [2.45, 2.75) is 20.8 Å². The zero-order valence-electron chi connectivity index (χ0n) is 9.91. The van der Waals surface area contributed by atoms with Crippen molar-refractivity contribution >= 4 is 63.4 Å². The molecule has 9 nitrogen and oxygen atoms in total. The molecule has 1 saturated heterocycles. The second kappa shape index (κ2) is 7.47. The predicted molar refractivity (Wildman–Crippen MR) is 55.8 cm³/mol. The van der Waals surface area contributed by atoms with Gasteiger partial charge in [-0.25, -0.2) is 0 Å². The van der Waals surface area contributed by atoms with Gasteiger partial charge in [-0.1, -0.05) is 0 Å². The molecule has 96 valence electrons. The van der Waals surface area contributed by atoms with Crippen LogP contribution in [0.3, 0.4) is 0 Å². The van der Waals surface area contributed by atoms with Crippen LogP contribution in [0, 0.1) is 0 Å². The van der Waals surface area contributed by atoms with Crippen molar-refractivity contribution in [3.8, 4) is 0 Å². The summed E-state index contributed by atoms with van der Waals surface area (Å²) < 4.78 is 29.7. The molecule has 1 heterocycles. The second-order valence-electron chi connectivity index (χ2n) is 3.10. The summed E-state index contributed by atoms with van der Waals surface area (Å²) in [7, 11) is 0. The molecule has 0 aliphatic carbocycles. The van der Waals surface area contributed by atoms with E-state index in [2.05, 4.69) is 0 Å². The van der Waals surface area contributed by atoms with E-state index in [0.29, 0.717) is 0 Å². The summed E-state index contributed by atoms with van der Waals surface area (Å²) in [6.45, 7) is 3.54. The first-order valence-electron chi connectivity index (χ1n) is 4.85. The van der Waals surface area contributed by atoms with Gasteiger partial charge in [0, 0.05) is 20.8 Å². The van der Waals surface area contributed by atoms with E-state index in [1.54, 1.807) is 0 Å². The van der Waals surface area contributed by atoms with Crippen molar-refractivity contribution in [2.75, 3.05) is 0 Å². The molecular formula is C6H9Al3O9. The highest BCUT2D eigenvalue weighted by molar-refractivity contribution is 6.68. The van der Waals surface area contributed by atoms with Crippen LogP contribution in [-0.4, -0.2) is 63.4 Å². The van der Waals surface area contributed by atoms with Crippen LogP contribution in [0.4, 0.5) is 0 Å². The smallest absolute Gasteiger partial charge is 0.575 e. The van der Waals surface area contributed by atoms with Gasteiger partial charge >= 0.3 is 45.4 Å². The molecular weight excluding hydrogens is 297 g/mol. The van der Waals surface area contributed by atoms with E-state index in [9.17, 15) is 14.4 Å². The lowest BCUT2D eigenvalue weighted by atomic mass is 10.9. The van der Waals surface area contributed by atoms with Crippen molar-refractivity contribution in [1.82, 2.24) is 0 Å². The lowest BCUT2D eigenvalue weighted by Gasteiger charge is -2.25. The van der Waals surface area contributed by atoms with Crippen LogP contribution in [0.2, 0.25) is 0 Å². The lowest BCUT2D eigenvalue weighted by molar-refractivity contribution is -0.136. The van der Waals surface area contributed by atoms with Crippen molar-refractivity contribution in [2.24, 2.45) is 0 Å². The minimum atomic E-state index is -2.82. The van der Waals surface area contributed by atoms with E-state index in [0.717, 1.165) is 0 Å². The number of carbonyl (C=O) groups is 3. The van der Waals surface area contributed by atoms with Gasteiger partial charge in [-0.2, -0.15) is 0 Å². The SMILES string of the molecule is CC(=O)[O][Al]1[O][Al]([O]C(C)=O)[O][Al]([O]C(C)=O)[O]1. The highest BCUT2D eigenvalue weighted by Crippen LogP contribution is 2.11. The first-order valence-corrected chi connectivity index (χ1v) is 9.09. The number of hydrogen-bond acceptors (Lipinski definition) is 9. The zero-order valence-corrected chi connectivity index (χ0v) is 13.4. The Morgan fingerprint density at radius 2 is 0.889 bits per heavy atom. The van der Waals surface area contributed by atoms with Gasteiger partial charge in [-0.3, -0.25) is 14.4 Å². The molecule has 0 bridgehead atoms. The average molecular weight is 306 g/mol. The van der Waals surface area contributed by atoms with E-state index in [1.165, 1.54) is 20.8 Å². The largest absolute Gasteiger partial charge is 0.949 e. The topological polar surface area (TPSA) is 107 Å².